The van der Waals surface area contributed by atoms with Crippen LogP contribution in [0, 0.1) is 0 Å². The molecule has 26 heavy (non-hydrogen) atoms. The molecule has 0 aliphatic carbocycles. The maximum Gasteiger partial charge on any atom is 0.271 e. The van der Waals surface area contributed by atoms with E-state index in [0.29, 0.717) is 11.8 Å². The van der Waals surface area contributed by atoms with Crippen molar-refractivity contribution in [1.29, 1.82) is 0 Å². The lowest BCUT2D eigenvalue weighted by atomic mass is 10.2. The second kappa shape index (κ2) is 7.58. The van der Waals surface area contributed by atoms with E-state index in [4.69, 9.17) is 9.15 Å². The van der Waals surface area contributed by atoms with Crippen molar-refractivity contribution in [3.05, 3.63) is 60.5 Å². The number of methoxy groups -OCH3 is 1. The van der Waals surface area contributed by atoms with Crippen LogP contribution in [0.3, 0.4) is 0 Å². The maximum atomic E-state index is 5.84. The SMILES string of the molecule is COc1ccccc1N1CC[NH+](Cc2nnc(-c3ccccc3)o2)CC1. The fourth-order valence-corrected chi connectivity index (χ4v) is 3.37. The van der Waals surface area contributed by atoms with Gasteiger partial charge in [0.15, 0.2) is 6.54 Å². The van der Waals surface area contributed by atoms with Gasteiger partial charge < -0.3 is 19.0 Å². The highest BCUT2D eigenvalue weighted by Crippen LogP contribution is 2.27. The molecule has 1 N–H and O–H groups in total. The molecule has 1 aliphatic heterocycles. The van der Waals surface area contributed by atoms with Crippen LogP contribution in [0.4, 0.5) is 5.69 Å². The summed E-state index contributed by atoms with van der Waals surface area (Å²) in [6, 6.07) is 18.1. The molecule has 0 amide bonds. The molecule has 0 spiro atoms. The van der Waals surface area contributed by atoms with Crippen LogP contribution in [-0.2, 0) is 6.54 Å². The minimum atomic E-state index is 0.590. The molecule has 2 heterocycles. The number of hydrogen-bond acceptors (Lipinski definition) is 5. The van der Waals surface area contributed by atoms with Gasteiger partial charge in [-0.3, -0.25) is 0 Å². The largest absolute Gasteiger partial charge is 0.495 e. The summed E-state index contributed by atoms with van der Waals surface area (Å²) in [5, 5.41) is 8.40. The van der Waals surface area contributed by atoms with Crippen molar-refractivity contribution in [2.24, 2.45) is 0 Å². The van der Waals surface area contributed by atoms with E-state index in [1.807, 2.05) is 42.5 Å². The number of hydrogen-bond donors (Lipinski definition) is 1. The number of aromatic nitrogens is 2. The summed E-state index contributed by atoms with van der Waals surface area (Å²) in [4.78, 5) is 3.84. The first-order valence-corrected chi connectivity index (χ1v) is 8.93. The Balaban J connectivity index is 1.36. The molecular weight excluding hydrogens is 328 g/mol. The van der Waals surface area contributed by atoms with Crippen molar-refractivity contribution in [3.8, 4) is 17.2 Å². The summed E-state index contributed by atoms with van der Waals surface area (Å²) in [5.41, 5.74) is 2.13. The summed E-state index contributed by atoms with van der Waals surface area (Å²) in [6.45, 7) is 4.78. The van der Waals surface area contributed by atoms with E-state index in [0.717, 1.165) is 44.0 Å². The summed E-state index contributed by atoms with van der Waals surface area (Å²) in [6.07, 6.45) is 0. The Morgan fingerprint density at radius 1 is 1.00 bits per heavy atom. The van der Waals surface area contributed by atoms with Gasteiger partial charge in [0.2, 0.25) is 5.89 Å². The van der Waals surface area contributed by atoms with Gasteiger partial charge >= 0.3 is 0 Å². The Morgan fingerprint density at radius 2 is 1.73 bits per heavy atom. The fraction of sp³-hybridized carbons (Fsp3) is 0.300. The maximum absolute atomic E-state index is 5.84. The number of rotatable bonds is 5. The van der Waals surface area contributed by atoms with Crippen molar-refractivity contribution >= 4 is 5.69 Å². The van der Waals surface area contributed by atoms with Crippen LogP contribution in [-0.4, -0.2) is 43.5 Å². The van der Waals surface area contributed by atoms with Gasteiger partial charge in [0.25, 0.3) is 5.89 Å². The fourth-order valence-electron chi connectivity index (χ4n) is 3.37. The Labute approximate surface area is 153 Å². The van der Waals surface area contributed by atoms with Gasteiger partial charge in [-0.15, -0.1) is 10.2 Å². The van der Waals surface area contributed by atoms with Crippen molar-refractivity contribution < 1.29 is 14.1 Å². The van der Waals surface area contributed by atoms with Crippen molar-refractivity contribution in [3.63, 3.8) is 0 Å². The van der Waals surface area contributed by atoms with E-state index in [-0.39, 0.29) is 0 Å². The molecule has 0 bridgehead atoms. The molecule has 1 aromatic heterocycles. The van der Waals surface area contributed by atoms with Crippen LogP contribution < -0.4 is 14.5 Å². The number of piperazine rings is 1. The van der Waals surface area contributed by atoms with E-state index in [2.05, 4.69) is 27.2 Å². The molecule has 1 saturated heterocycles. The third-order valence-corrected chi connectivity index (χ3v) is 4.79. The molecule has 2 aromatic carbocycles. The number of quaternary nitrogens is 1. The molecule has 6 heteroatoms. The van der Waals surface area contributed by atoms with Gasteiger partial charge in [-0.05, 0) is 24.3 Å². The molecule has 0 radical (unpaired) electrons. The zero-order chi connectivity index (χ0) is 17.8. The van der Waals surface area contributed by atoms with Gasteiger partial charge in [0, 0.05) is 5.56 Å². The van der Waals surface area contributed by atoms with Gasteiger partial charge in [0.1, 0.15) is 5.75 Å². The lowest BCUT2D eigenvalue weighted by Crippen LogP contribution is -3.13. The van der Waals surface area contributed by atoms with E-state index >= 15 is 0 Å². The van der Waals surface area contributed by atoms with Crippen LogP contribution >= 0.6 is 0 Å². The summed E-state index contributed by atoms with van der Waals surface area (Å²) in [5.74, 6) is 2.22. The Kier molecular flexibility index (Phi) is 4.84. The average molecular weight is 351 g/mol. The zero-order valence-corrected chi connectivity index (χ0v) is 14.9. The molecule has 4 rings (SSSR count). The van der Waals surface area contributed by atoms with Gasteiger partial charge in [-0.1, -0.05) is 30.3 Å². The van der Waals surface area contributed by atoms with E-state index in [9.17, 15) is 0 Å². The highest BCUT2D eigenvalue weighted by Gasteiger charge is 2.24. The van der Waals surface area contributed by atoms with Crippen LogP contribution in [0.25, 0.3) is 11.5 Å². The number of para-hydroxylation sites is 2. The molecule has 0 unspecified atom stereocenters. The van der Waals surface area contributed by atoms with E-state index < -0.39 is 0 Å². The average Bonchev–Trinajstić information content (AvgIpc) is 3.18. The molecule has 6 nitrogen and oxygen atoms in total. The molecule has 1 aliphatic rings. The van der Waals surface area contributed by atoms with Crippen LogP contribution in [0.2, 0.25) is 0 Å². The first-order valence-electron chi connectivity index (χ1n) is 8.93. The number of nitrogens with zero attached hydrogens (tertiary/aromatic N) is 3. The molecule has 0 saturated carbocycles. The monoisotopic (exact) mass is 351 g/mol. The Hall–Kier alpha value is -2.86. The smallest absolute Gasteiger partial charge is 0.271 e. The highest BCUT2D eigenvalue weighted by molar-refractivity contribution is 5.58. The first kappa shape index (κ1) is 16.6. The highest BCUT2D eigenvalue weighted by atomic mass is 16.5. The quantitative estimate of drug-likeness (QED) is 0.758. The first-order chi connectivity index (χ1) is 12.8. The van der Waals surface area contributed by atoms with Crippen molar-refractivity contribution in [1.82, 2.24) is 10.2 Å². The minimum absolute atomic E-state index is 0.590. The number of ether oxygens (including phenoxy) is 1. The Morgan fingerprint density at radius 3 is 2.50 bits per heavy atom. The lowest BCUT2D eigenvalue weighted by Gasteiger charge is -2.33. The molecule has 134 valence electrons. The number of anilines is 1. The molecular formula is C20H23N4O2+. The van der Waals surface area contributed by atoms with Gasteiger partial charge in [-0.25, -0.2) is 0 Å². The van der Waals surface area contributed by atoms with Gasteiger partial charge in [-0.2, -0.15) is 0 Å². The zero-order valence-electron chi connectivity index (χ0n) is 14.9. The topological polar surface area (TPSA) is 55.8 Å². The summed E-state index contributed by atoms with van der Waals surface area (Å²) in [7, 11) is 1.72. The standard InChI is InChI=1S/C20H22N4O2/c1-25-18-10-6-5-9-17(18)24-13-11-23(12-14-24)15-19-21-22-20(26-19)16-7-3-2-4-8-16/h2-10H,11-15H2,1H3/p+1. The third kappa shape index (κ3) is 3.55. The lowest BCUT2D eigenvalue weighted by molar-refractivity contribution is -0.915. The number of nitrogens with one attached hydrogen (secondary N) is 1. The normalized spacial score (nSPS) is 15.2. The van der Waals surface area contributed by atoms with Crippen LogP contribution in [0.15, 0.2) is 59.0 Å². The molecule has 0 atom stereocenters. The second-order valence-corrected chi connectivity index (χ2v) is 6.45. The Bertz CT molecular complexity index is 842. The van der Waals surface area contributed by atoms with E-state index in [1.54, 1.807) is 7.11 Å². The van der Waals surface area contributed by atoms with Crippen molar-refractivity contribution in [2.45, 2.75) is 6.54 Å². The molecule has 3 aromatic rings. The second-order valence-electron chi connectivity index (χ2n) is 6.45. The number of benzene rings is 2. The minimum Gasteiger partial charge on any atom is -0.495 e. The predicted molar refractivity (Wildman–Crippen MR) is 99.3 cm³/mol. The third-order valence-electron chi connectivity index (χ3n) is 4.79. The predicted octanol–water partition coefficient (Wildman–Crippen LogP) is 1.65. The van der Waals surface area contributed by atoms with Gasteiger partial charge in [0.05, 0.1) is 39.0 Å². The van der Waals surface area contributed by atoms with Crippen LogP contribution in [0.1, 0.15) is 5.89 Å². The van der Waals surface area contributed by atoms with Crippen molar-refractivity contribution in [2.75, 3.05) is 38.2 Å². The summed E-state index contributed by atoms with van der Waals surface area (Å²) < 4.78 is 11.3. The molecule has 1 fully saturated rings. The van der Waals surface area contributed by atoms with E-state index in [1.165, 1.54) is 10.6 Å². The summed E-state index contributed by atoms with van der Waals surface area (Å²) >= 11 is 0. The van der Waals surface area contributed by atoms with Crippen LogP contribution in [0.5, 0.6) is 5.75 Å².